The lowest BCUT2D eigenvalue weighted by atomic mass is 10.3. The van der Waals surface area contributed by atoms with Crippen molar-refractivity contribution in [1.29, 1.82) is 0 Å². The Morgan fingerprint density at radius 1 is 1.38 bits per heavy atom. The van der Waals surface area contributed by atoms with Gasteiger partial charge < -0.3 is 9.47 Å². The molecule has 0 aromatic rings. The Balaban J connectivity index is 1.97. The Bertz CT molecular complexity index is 254. The van der Waals surface area contributed by atoms with E-state index in [-0.39, 0.29) is 18.5 Å². The molecule has 0 amide bonds. The molecule has 0 atom stereocenters. The van der Waals surface area contributed by atoms with Crippen molar-refractivity contribution < 1.29 is 14.3 Å². The maximum atomic E-state index is 11.0. The lowest BCUT2D eigenvalue weighted by Gasteiger charge is -2.12. The molecule has 1 aliphatic heterocycles. The van der Waals surface area contributed by atoms with Gasteiger partial charge in [-0.05, 0) is 41.6 Å². The summed E-state index contributed by atoms with van der Waals surface area (Å²) in [6, 6.07) is 0. The van der Waals surface area contributed by atoms with Crippen LogP contribution in [0, 0.1) is 0 Å². The number of hydrogen-bond acceptors (Lipinski definition) is 3. The minimum absolute atomic E-state index is 0.0343. The second-order valence-corrected chi connectivity index (χ2v) is 4.13. The molecule has 1 aliphatic carbocycles. The Kier molecular flexibility index (Phi) is 2.58. The van der Waals surface area contributed by atoms with Crippen LogP contribution in [0.1, 0.15) is 25.7 Å². The first-order valence-corrected chi connectivity index (χ1v) is 5.29. The molecule has 0 aromatic carbocycles. The summed E-state index contributed by atoms with van der Waals surface area (Å²) in [6.07, 6.45) is 4.81. The summed E-state index contributed by atoms with van der Waals surface area (Å²) in [7, 11) is 0. The van der Waals surface area contributed by atoms with Gasteiger partial charge in [-0.25, -0.2) is 0 Å². The van der Waals surface area contributed by atoms with Crippen molar-refractivity contribution in [3.05, 3.63) is 10.4 Å². The van der Waals surface area contributed by atoms with Crippen LogP contribution >= 0.6 is 15.9 Å². The average molecular weight is 247 g/mol. The van der Waals surface area contributed by atoms with Crippen LogP contribution in [0.15, 0.2) is 10.4 Å². The molecule has 1 fully saturated rings. The first kappa shape index (κ1) is 9.06. The van der Waals surface area contributed by atoms with Crippen LogP contribution in [-0.4, -0.2) is 18.5 Å². The van der Waals surface area contributed by atoms with E-state index in [1.54, 1.807) is 0 Å². The summed E-state index contributed by atoms with van der Waals surface area (Å²) in [5, 5.41) is 0. The Morgan fingerprint density at radius 3 is 2.62 bits per heavy atom. The second-order valence-electron chi connectivity index (χ2n) is 3.34. The highest BCUT2D eigenvalue weighted by molar-refractivity contribution is 9.12. The normalized spacial score (nSPS) is 23.9. The molecule has 2 rings (SSSR count). The van der Waals surface area contributed by atoms with Crippen LogP contribution in [0.5, 0.6) is 0 Å². The molecule has 0 radical (unpaired) electrons. The molecule has 0 spiro atoms. The van der Waals surface area contributed by atoms with E-state index in [1.807, 2.05) is 0 Å². The first-order chi connectivity index (χ1) is 6.27. The number of carbonyl (C=O) groups is 1. The van der Waals surface area contributed by atoms with Gasteiger partial charge in [-0.15, -0.1) is 0 Å². The molecule has 3 nitrogen and oxygen atoms in total. The monoisotopic (exact) mass is 246 g/mol. The molecule has 1 heterocycles. The summed E-state index contributed by atoms with van der Waals surface area (Å²) in [6.45, 7) is 0.114. The van der Waals surface area contributed by atoms with E-state index in [4.69, 9.17) is 9.47 Å². The molecule has 0 aromatic heterocycles. The number of Topliss-reactive ketones (excluding diaryl/α,β-unsaturated/α-hetero) is 1. The minimum atomic E-state index is -0.0343. The second kappa shape index (κ2) is 3.70. The van der Waals surface area contributed by atoms with Crippen molar-refractivity contribution in [1.82, 2.24) is 0 Å². The van der Waals surface area contributed by atoms with E-state index in [1.165, 1.54) is 12.8 Å². The van der Waals surface area contributed by atoms with E-state index in [0.717, 1.165) is 12.8 Å². The molecule has 0 saturated heterocycles. The Morgan fingerprint density at radius 2 is 2.08 bits per heavy atom. The van der Waals surface area contributed by atoms with Gasteiger partial charge in [-0.2, -0.15) is 0 Å². The molecule has 72 valence electrons. The number of ether oxygens (including phenoxy) is 2. The van der Waals surface area contributed by atoms with E-state index in [9.17, 15) is 4.79 Å². The fourth-order valence-corrected chi connectivity index (χ4v) is 1.94. The Labute approximate surface area is 85.2 Å². The standard InChI is InChI=1S/C9H11BrO3/c10-8-7(11)5-12-9(8)13-6-3-1-2-4-6/h6H,1-5H2. The summed E-state index contributed by atoms with van der Waals surface area (Å²) in [4.78, 5) is 11.0. The van der Waals surface area contributed by atoms with Crippen LogP contribution < -0.4 is 0 Å². The van der Waals surface area contributed by atoms with Crippen molar-refractivity contribution in [2.45, 2.75) is 31.8 Å². The first-order valence-electron chi connectivity index (χ1n) is 4.50. The third-order valence-electron chi connectivity index (χ3n) is 2.33. The zero-order valence-corrected chi connectivity index (χ0v) is 8.80. The fourth-order valence-electron chi connectivity index (χ4n) is 1.61. The Hall–Kier alpha value is -0.510. The van der Waals surface area contributed by atoms with Crippen molar-refractivity contribution in [2.24, 2.45) is 0 Å². The van der Waals surface area contributed by atoms with E-state index < -0.39 is 0 Å². The summed E-state index contributed by atoms with van der Waals surface area (Å²) < 4.78 is 11.1. The molecular weight excluding hydrogens is 236 g/mol. The van der Waals surface area contributed by atoms with Gasteiger partial charge in [0.2, 0.25) is 5.78 Å². The van der Waals surface area contributed by atoms with Crippen molar-refractivity contribution in [3.8, 4) is 0 Å². The minimum Gasteiger partial charge on any atom is -0.461 e. The van der Waals surface area contributed by atoms with Gasteiger partial charge in [-0.3, -0.25) is 4.79 Å². The number of halogens is 1. The predicted molar refractivity (Wildman–Crippen MR) is 50.3 cm³/mol. The van der Waals surface area contributed by atoms with Gasteiger partial charge in [0.25, 0.3) is 5.95 Å². The van der Waals surface area contributed by atoms with Gasteiger partial charge in [0.05, 0.1) is 0 Å². The van der Waals surface area contributed by atoms with Gasteiger partial charge in [0, 0.05) is 0 Å². The lowest BCUT2D eigenvalue weighted by Crippen LogP contribution is -2.07. The van der Waals surface area contributed by atoms with Crippen LogP contribution in [0.25, 0.3) is 0 Å². The summed E-state index contributed by atoms with van der Waals surface area (Å²) in [5.74, 6) is 0.352. The summed E-state index contributed by atoms with van der Waals surface area (Å²) in [5.41, 5.74) is 0. The molecule has 2 aliphatic rings. The molecule has 0 bridgehead atoms. The number of hydrogen-bond donors (Lipinski definition) is 0. The van der Waals surface area contributed by atoms with Crippen molar-refractivity contribution in [3.63, 3.8) is 0 Å². The highest BCUT2D eigenvalue weighted by Crippen LogP contribution is 2.29. The van der Waals surface area contributed by atoms with Crippen LogP contribution in [-0.2, 0) is 14.3 Å². The average Bonchev–Trinajstić information content (AvgIpc) is 2.71. The van der Waals surface area contributed by atoms with E-state index in [0.29, 0.717) is 10.4 Å². The highest BCUT2D eigenvalue weighted by Gasteiger charge is 2.27. The number of carbonyl (C=O) groups excluding carboxylic acids is 1. The third-order valence-corrected chi connectivity index (χ3v) is 3.10. The fraction of sp³-hybridized carbons (Fsp3) is 0.667. The lowest BCUT2D eigenvalue weighted by molar-refractivity contribution is -0.116. The molecule has 1 saturated carbocycles. The topological polar surface area (TPSA) is 35.5 Å². The maximum absolute atomic E-state index is 11.0. The van der Waals surface area contributed by atoms with Gasteiger partial charge in [-0.1, -0.05) is 0 Å². The molecule has 0 N–H and O–H groups in total. The van der Waals surface area contributed by atoms with Gasteiger partial charge in [0.1, 0.15) is 10.6 Å². The van der Waals surface area contributed by atoms with Crippen LogP contribution in [0.2, 0.25) is 0 Å². The molecule has 0 unspecified atom stereocenters. The highest BCUT2D eigenvalue weighted by atomic mass is 79.9. The smallest absolute Gasteiger partial charge is 0.298 e. The maximum Gasteiger partial charge on any atom is 0.298 e. The van der Waals surface area contributed by atoms with Crippen molar-refractivity contribution in [2.75, 3.05) is 6.61 Å². The van der Waals surface area contributed by atoms with Gasteiger partial charge in [0.15, 0.2) is 6.61 Å². The SMILES string of the molecule is O=C1COC(OC2CCCC2)=C1Br. The number of rotatable bonds is 2. The molecular formula is C9H11BrO3. The number of ketones is 1. The van der Waals surface area contributed by atoms with Crippen LogP contribution in [0.4, 0.5) is 0 Å². The zero-order chi connectivity index (χ0) is 9.26. The largest absolute Gasteiger partial charge is 0.461 e. The molecule has 4 heteroatoms. The predicted octanol–water partition coefficient (Wildman–Crippen LogP) is 2.11. The van der Waals surface area contributed by atoms with E-state index in [2.05, 4.69) is 15.9 Å². The summed E-state index contributed by atoms with van der Waals surface area (Å²) >= 11 is 3.16. The van der Waals surface area contributed by atoms with Gasteiger partial charge >= 0.3 is 0 Å². The third kappa shape index (κ3) is 1.88. The quantitative estimate of drug-likeness (QED) is 0.749. The van der Waals surface area contributed by atoms with E-state index >= 15 is 0 Å². The van der Waals surface area contributed by atoms with Crippen molar-refractivity contribution >= 4 is 21.7 Å². The van der Waals surface area contributed by atoms with Crippen LogP contribution in [0.3, 0.4) is 0 Å². The molecule has 13 heavy (non-hydrogen) atoms. The zero-order valence-electron chi connectivity index (χ0n) is 7.22.